The Kier molecular flexibility index (Phi) is 3.36. The van der Waals surface area contributed by atoms with Crippen LogP contribution in [0.2, 0.25) is 0 Å². The number of esters is 1. The van der Waals surface area contributed by atoms with Gasteiger partial charge in [0, 0.05) is 16.4 Å². The maximum atomic E-state index is 11.8. The number of fused-ring (bicyclic) bond motifs is 3. The molecule has 3 nitrogen and oxygen atoms in total. The summed E-state index contributed by atoms with van der Waals surface area (Å²) in [4.78, 5) is 14.2. The Morgan fingerprint density at radius 2 is 2.20 bits per heavy atom. The van der Waals surface area contributed by atoms with Crippen LogP contribution >= 0.6 is 15.9 Å². The fourth-order valence-electron chi connectivity index (χ4n) is 3.40. The van der Waals surface area contributed by atoms with Gasteiger partial charge in [-0.05, 0) is 53.9 Å². The summed E-state index contributed by atoms with van der Waals surface area (Å²) in [6.45, 7) is 4.41. The fourth-order valence-corrected chi connectivity index (χ4v) is 4.08. The van der Waals surface area contributed by atoms with E-state index in [2.05, 4.69) is 46.8 Å². The molecule has 1 heterocycles. The van der Waals surface area contributed by atoms with Gasteiger partial charge in [-0.1, -0.05) is 12.2 Å². The molecule has 2 unspecified atom stereocenters. The van der Waals surface area contributed by atoms with Crippen molar-refractivity contribution in [2.75, 3.05) is 12.0 Å². The second-order valence-electron chi connectivity index (χ2n) is 5.65. The Labute approximate surface area is 127 Å². The number of hydrogen-bond donors (Lipinski definition) is 0. The van der Waals surface area contributed by atoms with Crippen LogP contribution in [0.3, 0.4) is 0 Å². The average molecular weight is 336 g/mol. The number of nitrogens with zero attached hydrogens (tertiary/aromatic N) is 1. The van der Waals surface area contributed by atoms with Crippen LogP contribution in [0.15, 0.2) is 28.8 Å². The molecule has 20 heavy (non-hydrogen) atoms. The van der Waals surface area contributed by atoms with Crippen LogP contribution in [-0.2, 0) is 4.74 Å². The molecular formula is C16H18BrNO2. The molecule has 0 fully saturated rings. The minimum atomic E-state index is -0.279. The molecule has 1 aromatic rings. The molecule has 2 aliphatic rings. The maximum Gasteiger partial charge on any atom is 0.337 e. The number of allylic oxidation sites excluding steroid dienone is 1. The van der Waals surface area contributed by atoms with Crippen LogP contribution in [0.4, 0.5) is 5.69 Å². The second-order valence-corrected chi connectivity index (χ2v) is 6.50. The van der Waals surface area contributed by atoms with Gasteiger partial charge in [-0.25, -0.2) is 4.79 Å². The molecular weight excluding hydrogens is 318 g/mol. The number of rotatable bonds is 2. The fraction of sp³-hybridized carbons (Fsp3) is 0.438. The Hall–Kier alpha value is -1.29. The van der Waals surface area contributed by atoms with Crippen molar-refractivity contribution in [2.45, 2.75) is 38.3 Å². The molecule has 1 aromatic carbocycles. The van der Waals surface area contributed by atoms with E-state index >= 15 is 0 Å². The summed E-state index contributed by atoms with van der Waals surface area (Å²) in [7, 11) is 1.42. The number of anilines is 1. The second kappa shape index (κ2) is 4.92. The van der Waals surface area contributed by atoms with Gasteiger partial charge >= 0.3 is 5.97 Å². The highest BCUT2D eigenvalue weighted by atomic mass is 79.9. The van der Waals surface area contributed by atoms with E-state index in [4.69, 9.17) is 4.74 Å². The van der Waals surface area contributed by atoms with E-state index in [0.29, 0.717) is 23.6 Å². The SMILES string of the molecule is COC(=O)c1cc(Br)c2c(c1)C1CC=CC1N2C(C)C. The summed E-state index contributed by atoms with van der Waals surface area (Å²) in [5.41, 5.74) is 3.10. The van der Waals surface area contributed by atoms with Gasteiger partial charge in [0.1, 0.15) is 0 Å². The van der Waals surface area contributed by atoms with Crippen molar-refractivity contribution in [1.82, 2.24) is 0 Å². The number of carbonyl (C=O) groups excluding carboxylic acids is 1. The third kappa shape index (κ3) is 1.89. The molecule has 0 N–H and O–H groups in total. The molecule has 0 bridgehead atoms. The lowest BCUT2D eigenvalue weighted by Gasteiger charge is -2.30. The smallest absolute Gasteiger partial charge is 0.337 e. The van der Waals surface area contributed by atoms with Crippen LogP contribution < -0.4 is 4.90 Å². The van der Waals surface area contributed by atoms with Crippen LogP contribution in [0.5, 0.6) is 0 Å². The summed E-state index contributed by atoms with van der Waals surface area (Å²) in [5.74, 6) is 0.173. The van der Waals surface area contributed by atoms with Crippen molar-refractivity contribution in [3.8, 4) is 0 Å². The Bertz CT molecular complexity index is 594. The maximum absolute atomic E-state index is 11.8. The van der Waals surface area contributed by atoms with Gasteiger partial charge in [-0.2, -0.15) is 0 Å². The highest BCUT2D eigenvalue weighted by Crippen LogP contribution is 2.50. The monoisotopic (exact) mass is 335 g/mol. The Morgan fingerprint density at radius 3 is 2.85 bits per heavy atom. The van der Waals surface area contributed by atoms with E-state index in [0.717, 1.165) is 10.9 Å². The minimum absolute atomic E-state index is 0.279. The third-order valence-electron chi connectivity index (χ3n) is 4.18. The zero-order chi connectivity index (χ0) is 14.4. The number of hydrogen-bond acceptors (Lipinski definition) is 3. The molecule has 0 spiro atoms. The van der Waals surface area contributed by atoms with E-state index < -0.39 is 0 Å². The largest absolute Gasteiger partial charge is 0.465 e. The van der Waals surface area contributed by atoms with Crippen molar-refractivity contribution in [3.63, 3.8) is 0 Å². The van der Waals surface area contributed by atoms with Crippen LogP contribution in [-0.4, -0.2) is 25.2 Å². The molecule has 0 aromatic heterocycles. The molecule has 106 valence electrons. The van der Waals surface area contributed by atoms with Gasteiger partial charge in [-0.15, -0.1) is 0 Å². The van der Waals surface area contributed by atoms with Gasteiger partial charge in [0.25, 0.3) is 0 Å². The van der Waals surface area contributed by atoms with Crippen molar-refractivity contribution in [3.05, 3.63) is 39.9 Å². The Balaban J connectivity index is 2.15. The summed E-state index contributed by atoms with van der Waals surface area (Å²) in [5, 5.41) is 0. The van der Waals surface area contributed by atoms with Gasteiger partial charge in [0.2, 0.25) is 0 Å². The third-order valence-corrected chi connectivity index (χ3v) is 4.79. The molecule has 0 saturated heterocycles. The number of carbonyl (C=O) groups is 1. The van der Waals surface area contributed by atoms with Crippen molar-refractivity contribution < 1.29 is 9.53 Å². The van der Waals surface area contributed by atoms with Gasteiger partial charge in [0.15, 0.2) is 0 Å². The first-order chi connectivity index (χ1) is 9.54. The van der Waals surface area contributed by atoms with E-state index in [1.807, 2.05) is 12.1 Å². The lowest BCUT2D eigenvalue weighted by molar-refractivity contribution is 0.0600. The van der Waals surface area contributed by atoms with Crippen molar-refractivity contribution >= 4 is 27.6 Å². The Morgan fingerprint density at radius 1 is 1.45 bits per heavy atom. The first kappa shape index (κ1) is 13.7. The number of benzene rings is 1. The molecule has 4 heteroatoms. The van der Waals surface area contributed by atoms with Gasteiger partial charge < -0.3 is 9.64 Å². The average Bonchev–Trinajstić information content (AvgIpc) is 2.97. The van der Waals surface area contributed by atoms with Crippen LogP contribution in [0.1, 0.15) is 42.1 Å². The van der Waals surface area contributed by atoms with E-state index in [1.165, 1.54) is 18.4 Å². The van der Waals surface area contributed by atoms with E-state index in [-0.39, 0.29) is 5.97 Å². The lowest BCUT2D eigenvalue weighted by Crippen LogP contribution is -2.36. The first-order valence-electron chi connectivity index (χ1n) is 6.91. The minimum Gasteiger partial charge on any atom is -0.465 e. The topological polar surface area (TPSA) is 29.5 Å². The molecule has 1 aliphatic carbocycles. The molecule has 1 aliphatic heterocycles. The van der Waals surface area contributed by atoms with E-state index in [1.54, 1.807) is 0 Å². The number of methoxy groups -OCH3 is 1. The first-order valence-corrected chi connectivity index (χ1v) is 7.70. The van der Waals surface area contributed by atoms with Crippen LogP contribution in [0.25, 0.3) is 0 Å². The lowest BCUT2D eigenvalue weighted by atomic mass is 9.95. The zero-order valence-electron chi connectivity index (χ0n) is 11.9. The molecule has 0 radical (unpaired) electrons. The summed E-state index contributed by atoms with van der Waals surface area (Å²) < 4.78 is 5.83. The highest BCUT2D eigenvalue weighted by Gasteiger charge is 2.41. The van der Waals surface area contributed by atoms with E-state index in [9.17, 15) is 4.79 Å². The predicted octanol–water partition coefficient (Wildman–Crippen LogP) is 3.88. The van der Waals surface area contributed by atoms with Gasteiger partial charge in [-0.3, -0.25) is 0 Å². The molecule has 2 atom stereocenters. The zero-order valence-corrected chi connectivity index (χ0v) is 13.5. The van der Waals surface area contributed by atoms with Crippen molar-refractivity contribution in [1.29, 1.82) is 0 Å². The predicted molar refractivity (Wildman–Crippen MR) is 83.4 cm³/mol. The quantitative estimate of drug-likeness (QED) is 0.606. The van der Waals surface area contributed by atoms with Gasteiger partial charge in [0.05, 0.1) is 24.4 Å². The summed E-state index contributed by atoms with van der Waals surface area (Å²) in [6.07, 6.45) is 5.57. The number of halogens is 1. The number of ether oxygens (including phenoxy) is 1. The standard InChI is InChI=1S/C16H18BrNO2/c1-9(2)18-14-6-4-5-11(14)12-7-10(16(19)20-3)8-13(17)15(12)18/h4,6-9,11,14H,5H2,1-3H3. The molecule has 0 saturated carbocycles. The summed E-state index contributed by atoms with van der Waals surface area (Å²) >= 11 is 3.64. The van der Waals surface area contributed by atoms with Crippen molar-refractivity contribution in [2.24, 2.45) is 0 Å². The molecule has 3 rings (SSSR count). The van der Waals surface area contributed by atoms with Crippen LogP contribution in [0, 0.1) is 0 Å². The summed E-state index contributed by atoms with van der Waals surface area (Å²) in [6, 6.07) is 4.70. The highest BCUT2D eigenvalue weighted by molar-refractivity contribution is 9.10. The normalized spacial score (nSPS) is 23.1. The molecule has 0 amide bonds.